The number of aromatic nitrogens is 2. The molecule has 1 N–H and O–H groups in total. The van der Waals surface area contributed by atoms with Crippen LogP contribution in [0.4, 0.5) is 5.69 Å². The maximum atomic E-state index is 4.52. The molecule has 0 saturated heterocycles. The summed E-state index contributed by atoms with van der Waals surface area (Å²) in [5.41, 5.74) is 4.79. The Bertz CT molecular complexity index is 573. The van der Waals surface area contributed by atoms with Gasteiger partial charge in [0.25, 0.3) is 0 Å². The van der Waals surface area contributed by atoms with Crippen LogP contribution in [0, 0.1) is 6.92 Å². The second-order valence-corrected chi connectivity index (χ2v) is 6.06. The first-order valence-electron chi connectivity index (χ1n) is 6.50. The summed E-state index contributed by atoms with van der Waals surface area (Å²) in [6.45, 7) is 7.23. The fraction of sp³-hybridized carbons (Fsp3) is 0.400. The lowest BCUT2D eigenvalue weighted by Crippen LogP contribution is -2.03. The van der Waals surface area contributed by atoms with Crippen LogP contribution in [-0.4, -0.2) is 9.78 Å². The minimum atomic E-state index is 0.444. The van der Waals surface area contributed by atoms with Gasteiger partial charge in [-0.25, -0.2) is 0 Å². The number of anilines is 1. The van der Waals surface area contributed by atoms with Crippen molar-refractivity contribution in [1.29, 1.82) is 0 Å². The lowest BCUT2D eigenvalue weighted by molar-refractivity contribution is 0.712. The quantitative estimate of drug-likeness (QED) is 0.913. The van der Waals surface area contributed by atoms with Crippen molar-refractivity contribution in [2.75, 3.05) is 5.32 Å². The molecule has 0 fully saturated rings. The third-order valence-corrected chi connectivity index (χ3v) is 3.73. The van der Waals surface area contributed by atoms with E-state index in [1.54, 1.807) is 0 Å². The van der Waals surface area contributed by atoms with Gasteiger partial charge in [-0.15, -0.1) is 0 Å². The molecule has 0 amide bonds. The molecule has 0 spiro atoms. The van der Waals surface area contributed by atoms with Crippen molar-refractivity contribution >= 4 is 21.6 Å². The molecule has 0 bridgehead atoms. The van der Waals surface area contributed by atoms with Gasteiger partial charge in [0.15, 0.2) is 0 Å². The van der Waals surface area contributed by atoms with E-state index in [-0.39, 0.29) is 0 Å². The average molecular weight is 322 g/mol. The molecule has 0 radical (unpaired) electrons. The van der Waals surface area contributed by atoms with E-state index in [1.165, 1.54) is 16.8 Å². The van der Waals surface area contributed by atoms with Gasteiger partial charge in [0.2, 0.25) is 0 Å². The molecule has 0 aliphatic carbocycles. The Morgan fingerprint density at radius 3 is 2.74 bits per heavy atom. The van der Waals surface area contributed by atoms with Crippen LogP contribution in [0.15, 0.2) is 28.9 Å². The highest BCUT2D eigenvalue weighted by atomic mass is 79.9. The van der Waals surface area contributed by atoms with Crippen molar-refractivity contribution in [3.63, 3.8) is 0 Å². The van der Waals surface area contributed by atoms with Gasteiger partial charge in [0.1, 0.15) is 0 Å². The Hall–Kier alpha value is -1.29. The van der Waals surface area contributed by atoms with E-state index in [0.717, 1.165) is 16.7 Å². The Morgan fingerprint density at radius 1 is 1.37 bits per heavy atom. The van der Waals surface area contributed by atoms with E-state index >= 15 is 0 Å². The highest BCUT2D eigenvalue weighted by Crippen LogP contribution is 2.25. The molecule has 1 aromatic heterocycles. The third-order valence-electron chi connectivity index (χ3n) is 3.08. The van der Waals surface area contributed by atoms with E-state index in [0.29, 0.717) is 5.92 Å². The summed E-state index contributed by atoms with van der Waals surface area (Å²) in [5, 5.41) is 7.99. The minimum absolute atomic E-state index is 0.444. The van der Waals surface area contributed by atoms with Gasteiger partial charge in [-0.05, 0) is 46.5 Å². The van der Waals surface area contributed by atoms with Crippen molar-refractivity contribution in [3.05, 3.63) is 45.7 Å². The molecule has 0 saturated carbocycles. The molecule has 3 nitrogen and oxygen atoms in total. The molecule has 1 aromatic carbocycles. The number of rotatable bonds is 4. The van der Waals surface area contributed by atoms with Crippen molar-refractivity contribution in [3.8, 4) is 0 Å². The molecule has 2 aromatic rings. The predicted molar refractivity (Wildman–Crippen MR) is 83.5 cm³/mol. The molecule has 0 atom stereocenters. The monoisotopic (exact) mass is 321 g/mol. The fourth-order valence-electron chi connectivity index (χ4n) is 2.13. The molecule has 0 aliphatic heterocycles. The Kier molecular flexibility index (Phi) is 4.30. The fourth-order valence-corrected chi connectivity index (χ4v) is 2.76. The highest BCUT2D eigenvalue weighted by Gasteiger charge is 2.11. The van der Waals surface area contributed by atoms with Gasteiger partial charge >= 0.3 is 0 Å². The van der Waals surface area contributed by atoms with E-state index in [9.17, 15) is 0 Å². The van der Waals surface area contributed by atoms with Gasteiger partial charge in [0.05, 0.1) is 5.69 Å². The molecule has 19 heavy (non-hydrogen) atoms. The summed E-state index contributed by atoms with van der Waals surface area (Å²) < 4.78 is 2.98. The zero-order valence-corrected chi connectivity index (χ0v) is 13.5. The van der Waals surface area contributed by atoms with E-state index in [1.807, 2.05) is 11.7 Å². The van der Waals surface area contributed by atoms with Crippen LogP contribution < -0.4 is 5.32 Å². The van der Waals surface area contributed by atoms with Crippen molar-refractivity contribution < 1.29 is 0 Å². The summed E-state index contributed by atoms with van der Waals surface area (Å²) in [4.78, 5) is 0. The maximum absolute atomic E-state index is 4.52. The summed E-state index contributed by atoms with van der Waals surface area (Å²) in [6.07, 6.45) is 2.09. The number of nitrogens with one attached hydrogen (secondary N) is 1. The molecule has 0 aliphatic rings. The maximum Gasteiger partial charge on any atom is 0.0699 e. The number of halogens is 1. The van der Waals surface area contributed by atoms with E-state index in [4.69, 9.17) is 0 Å². The SMILES string of the molecule is Cc1ccc(NCc2cn(C)nc2C(C)C)c(Br)c1. The largest absolute Gasteiger partial charge is 0.380 e. The minimum Gasteiger partial charge on any atom is -0.380 e. The standard InChI is InChI=1S/C15H20BrN3/c1-10(2)15-12(9-19(4)18-15)8-17-14-6-5-11(3)7-13(14)16/h5-7,9-10,17H,8H2,1-4H3. The Labute approximate surface area is 123 Å². The Balaban J connectivity index is 2.14. The first-order valence-corrected chi connectivity index (χ1v) is 7.29. The Morgan fingerprint density at radius 2 is 2.11 bits per heavy atom. The first kappa shape index (κ1) is 14.1. The van der Waals surface area contributed by atoms with Gasteiger partial charge in [-0.3, -0.25) is 4.68 Å². The number of benzene rings is 1. The molecule has 1 heterocycles. The summed E-state index contributed by atoms with van der Waals surface area (Å²) in [7, 11) is 1.97. The van der Waals surface area contributed by atoms with Crippen LogP contribution in [0.2, 0.25) is 0 Å². The van der Waals surface area contributed by atoms with Crippen molar-refractivity contribution in [2.24, 2.45) is 7.05 Å². The normalized spacial score (nSPS) is 11.1. The van der Waals surface area contributed by atoms with Crippen molar-refractivity contribution in [2.45, 2.75) is 33.2 Å². The molecule has 4 heteroatoms. The van der Waals surface area contributed by atoms with Gasteiger partial charge in [-0.2, -0.15) is 5.10 Å². The van der Waals surface area contributed by atoms with Crippen LogP contribution in [0.5, 0.6) is 0 Å². The topological polar surface area (TPSA) is 29.9 Å². The first-order chi connectivity index (χ1) is 8.97. The number of nitrogens with zero attached hydrogens (tertiary/aromatic N) is 2. The number of hydrogen-bond acceptors (Lipinski definition) is 2. The molecule has 2 rings (SSSR count). The van der Waals surface area contributed by atoms with E-state index in [2.05, 4.69) is 71.5 Å². The van der Waals surface area contributed by atoms with Crippen LogP contribution in [0.25, 0.3) is 0 Å². The lowest BCUT2D eigenvalue weighted by atomic mass is 10.1. The molecular formula is C15H20BrN3. The summed E-state index contributed by atoms with van der Waals surface area (Å²) >= 11 is 3.59. The molecular weight excluding hydrogens is 302 g/mol. The highest BCUT2D eigenvalue weighted by molar-refractivity contribution is 9.10. The van der Waals surface area contributed by atoms with Gasteiger partial charge < -0.3 is 5.32 Å². The van der Waals surface area contributed by atoms with Crippen LogP contribution in [0.3, 0.4) is 0 Å². The number of hydrogen-bond donors (Lipinski definition) is 1. The van der Waals surface area contributed by atoms with Crippen LogP contribution in [0.1, 0.15) is 36.6 Å². The smallest absolute Gasteiger partial charge is 0.0699 e. The van der Waals surface area contributed by atoms with E-state index < -0.39 is 0 Å². The average Bonchev–Trinajstić information content (AvgIpc) is 2.69. The summed E-state index contributed by atoms with van der Waals surface area (Å²) in [6, 6.07) is 6.33. The van der Waals surface area contributed by atoms with Crippen LogP contribution in [-0.2, 0) is 13.6 Å². The zero-order valence-electron chi connectivity index (χ0n) is 11.9. The van der Waals surface area contributed by atoms with Gasteiger partial charge in [0, 0.05) is 35.5 Å². The predicted octanol–water partition coefficient (Wildman–Crippen LogP) is 4.23. The molecule has 102 valence electrons. The van der Waals surface area contributed by atoms with Gasteiger partial charge in [-0.1, -0.05) is 19.9 Å². The second kappa shape index (κ2) is 5.78. The number of aryl methyl sites for hydroxylation is 2. The van der Waals surface area contributed by atoms with Crippen LogP contribution >= 0.6 is 15.9 Å². The lowest BCUT2D eigenvalue weighted by Gasteiger charge is -2.10. The molecule has 0 unspecified atom stereocenters. The second-order valence-electron chi connectivity index (χ2n) is 5.20. The van der Waals surface area contributed by atoms with Crippen molar-refractivity contribution in [1.82, 2.24) is 9.78 Å². The zero-order chi connectivity index (χ0) is 14.0. The summed E-state index contributed by atoms with van der Waals surface area (Å²) in [5.74, 6) is 0.444. The third kappa shape index (κ3) is 3.38.